The van der Waals surface area contributed by atoms with Gasteiger partial charge >= 0.3 is 5.97 Å². The lowest BCUT2D eigenvalue weighted by atomic mass is 10.1. The summed E-state index contributed by atoms with van der Waals surface area (Å²) < 4.78 is 12.6. The first-order chi connectivity index (χ1) is 19.7. The summed E-state index contributed by atoms with van der Waals surface area (Å²) in [5.41, 5.74) is 4.85. The first-order valence-corrected chi connectivity index (χ1v) is 13.3. The summed E-state index contributed by atoms with van der Waals surface area (Å²) in [6.07, 6.45) is 3.95. The van der Waals surface area contributed by atoms with E-state index in [9.17, 15) is 9.59 Å². The van der Waals surface area contributed by atoms with Gasteiger partial charge in [0.05, 0.1) is 48.1 Å². The molecule has 4 rings (SSSR count). The molecule has 0 spiro atoms. The van der Waals surface area contributed by atoms with Crippen molar-refractivity contribution in [3.05, 3.63) is 54.4 Å². The molecule has 0 saturated carbocycles. The molecule has 0 radical (unpaired) electrons. The molecule has 0 unspecified atom stereocenters. The number of carbonyl (C=O) groups is 2. The predicted molar refractivity (Wildman–Crippen MR) is 162 cm³/mol. The van der Waals surface area contributed by atoms with Gasteiger partial charge < -0.3 is 34.5 Å². The van der Waals surface area contributed by atoms with Crippen LogP contribution < -0.4 is 20.3 Å². The van der Waals surface area contributed by atoms with Gasteiger partial charge in [0, 0.05) is 63.0 Å². The SMILES string of the molecule is CCC(=O)Nc1cc(Nc2nccc(-c3cn(C)c4c(C(=O)OC)cccc34)n2)c(OC)cc1N(C)CCN(C)C. The second-order valence-corrected chi connectivity index (χ2v) is 9.93. The highest BCUT2D eigenvalue weighted by atomic mass is 16.5. The van der Waals surface area contributed by atoms with Crippen LogP contribution in [-0.2, 0) is 16.6 Å². The van der Waals surface area contributed by atoms with E-state index in [-0.39, 0.29) is 5.91 Å². The Kier molecular flexibility index (Phi) is 9.08. The normalized spacial score (nSPS) is 11.0. The van der Waals surface area contributed by atoms with E-state index in [0.29, 0.717) is 40.8 Å². The maximum absolute atomic E-state index is 12.4. The number of ether oxygens (including phenoxy) is 2. The number of nitrogens with one attached hydrogen (secondary N) is 2. The van der Waals surface area contributed by atoms with Crippen LogP contribution >= 0.6 is 0 Å². The van der Waals surface area contributed by atoms with Gasteiger partial charge in [0.1, 0.15) is 5.75 Å². The molecule has 1 amide bonds. The Morgan fingerprint density at radius 1 is 1.05 bits per heavy atom. The number of carbonyl (C=O) groups excluding carboxylic acids is 2. The van der Waals surface area contributed by atoms with Crippen molar-refractivity contribution in [3.8, 4) is 17.0 Å². The fraction of sp³-hybridized carbons (Fsp3) is 0.333. The minimum Gasteiger partial charge on any atom is -0.494 e. The Labute approximate surface area is 240 Å². The largest absolute Gasteiger partial charge is 0.494 e. The van der Waals surface area contributed by atoms with Gasteiger partial charge in [-0.2, -0.15) is 0 Å². The predicted octanol–water partition coefficient (Wildman–Crippen LogP) is 4.52. The molecule has 11 nitrogen and oxygen atoms in total. The lowest BCUT2D eigenvalue weighted by Crippen LogP contribution is -2.29. The van der Waals surface area contributed by atoms with Crippen LogP contribution in [0.1, 0.15) is 23.7 Å². The van der Waals surface area contributed by atoms with Crippen molar-refractivity contribution < 1.29 is 19.1 Å². The van der Waals surface area contributed by atoms with Gasteiger partial charge in [0.2, 0.25) is 11.9 Å². The van der Waals surface area contributed by atoms with E-state index in [2.05, 4.69) is 25.4 Å². The number of rotatable bonds is 11. The first kappa shape index (κ1) is 29.3. The van der Waals surface area contributed by atoms with Crippen LogP contribution in [0.3, 0.4) is 0 Å². The molecular weight excluding hydrogens is 522 g/mol. The maximum atomic E-state index is 12.4. The summed E-state index contributed by atoms with van der Waals surface area (Å²) in [5, 5.41) is 7.15. The Bertz CT molecular complexity index is 1560. The highest BCUT2D eigenvalue weighted by Gasteiger charge is 2.19. The summed E-state index contributed by atoms with van der Waals surface area (Å²) in [4.78, 5) is 38.2. The smallest absolute Gasteiger partial charge is 0.340 e. The fourth-order valence-corrected chi connectivity index (χ4v) is 4.60. The Morgan fingerprint density at radius 2 is 1.83 bits per heavy atom. The quantitative estimate of drug-likeness (QED) is 0.256. The molecule has 4 aromatic rings. The van der Waals surface area contributed by atoms with Gasteiger partial charge in [-0.1, -0.05) is 19.1 Å². The Hall–Kier alpha value is -4.64. The number of aromatic nitrogens is 3. The summed E-state index contributed by atoms with van der Waals surface area (Å²) in [6.45, 7) is 3.41. The van der Waals surface area contributed by atoms with Crippen molar-refractivity contribution >= 4 is 45.8 Å². The van der Waals surface area contributed by atoms with Crippen molar-refractivity contribution in [2.75, 3.05) is 64.0 Å². The van der Waals surface area contributed by atoms with E-state index >= 15 is 0 Å². The lowest BCUT2D eigenvalue weighted by Gasteiger charge is -2.26. The third-order valence-corrected chi connectivity index (χ3v) is 6.79. The van der Waals surface area contributed by atoms with Crippen molar-refractivity contribution in [3.63, 3.8) is 0 Å². The number of hydrogen-bond acceptors (Lipinski definition) is 9. The van der Waals surface area contributed by atoms with Gasteiger partial charge in [-0.15, -0.1) is 0 Å². The molecule has 2 aromatic heterocycles. The average Bonchev–Trinajstić information content (AvgIpc) is 3.32. The van der Waals surface area contributed by atoms with Crippen LogP contribution in [0.15, 0.2) is 48.8 Å². The number of benzene rings is 2. The number of aryl methyl sites for hydroxylation is 1. The van der Waals surface area contributed by atoms with Gasteiger partial charge in [-0.05, 0) is 32.3 Å². The van der Waals surface area contributed by atoms with E-state index in [1.807, 2.05) is 76.2 Å². The van der Waals surface area contributed by atoms with Gasteiger partial charge in [-0.3, -0.25) is 4.79 Å². The molecule has 2 N–H and O–H groups in total. The lowest BCUT2D eigenvalue weighted by molar-refractivity contribution is -0.115. The van der Waals surface area contributed by atoms with Crippen LogP contribution in [0.2, 0.25) is 0 Å². The highest BCUT2D eigenvalue weighted by Crippen LogP contribution is 2.38. The zero-order chi connectivity index (χ0) is 29.7. The topological polar surface area (TPSA) is 114 Å². The summed E-state index contributed by atoms with van der Waals surface area (Å²) in [6, 6.07) is 11.1. The van der Waals surface area contributed by atoms with E-state index in [1.165, 1.54) is 7.11 Å². The molecule has 0 aliphatic rings. The van der Waals surface area contributed by atoms with Gasteiger partial charge in [-0.25, -0.2) is 14.8 Å². The summed E-state index contributed by atoms with van der Waals surface area (Å²) in [7, 11) is 10.9. The first-order valence-electron chi connectivity index (χ1n) is 13.3. The zero-order valence-corrected chi connectivity index (χ0v) is 24.6. The zero-order valence-electron chi connectivity index (χ0n) is 24.6. The van der Waals surface area contributed by atoms with Crippen LogP contribution in [-0.4, -0.2) is 79.8 Å². The van der Waals surface area contributed by atoms with Crippen LogP contribution in [0, 0.1) is 0 Å². The third-order valence-electron chi connectivity index (χ3n) is 6.79. The maximum Gasteiger partial charge on any atom is 0.340 e. The molecular formula is C30H37N7O4. The Morgan fingerprint density at radius 3 is 2.51 bits per heavy atom. The molecule has 0 fully saturated rings. The second kappa shape index (κ2) is 12.7. The van der Waals surface area contributed by atoms with Crippen molar-refractivity contribution in [2.45, 2.75) is 13.3 Å². The van der Waals surface area contributed by atoms with E-state index < -0.39 is 5.97 Å². The number of nitrogens with zero attached hydrogens (tertiary/aromatic N) is 5. The van der Waals surface area contributed by atoms with Gasteiger partial charge in [0.25, 0.3) is 0 Å². The molecule has 0 atom stereocenters. The molecule has 2 aromatic carbocycles. The minimum absolute atomic E-state index is 0.0936. The molecule has 0 bridgehead atoms. The van der Waals surface area contributed by atoms with E-state index in [0.717, 1.165) is 35.2 Å². The van der Waals surface area contributed by atoms with Crippen LogP contribution in [0.5, 0.6) is 5.75 Å². The minimum atomic E-state index is -0.401. The molecule has 0 aliphatic heterocycles. The standard InChI is InChI=1S/C30H37N7O4/c1-8-27(38)32-23-16-24(26(40-6)17-25(23)36(4)15-14-35(2)3)34-30-31-13-12-22(33-30)21-18-37(5)28-19(21)10-9-11-20(28)29(39)41-7/h9-13,16-18H,8,14-15H2,1-7H3,(H,32,38)(H,31,33,34). The second-order valence-electron chi connectivity index (χ2n) is 9.93. The molecule has 41 heavy (non-hydrogen) atoms. The van der Waals surface area contributed by atoms with Crippen molar-refractivity contribution in [1.82, 2.24) is 19.4 Å². The van der Waals surface area contributed by atoms with E-state index in [1.54, 1.807) is 19.4 Å². The number of amides is 1. The van der Waals surface area contributed by atoms with Crippen molar-refractivity contribution in [1.29, 1.82) is 0 Å². The van der Waals surface area contributed by atoms with Crippen molar-refractivity contribution in [2.24, 2.45) is 7.05 Å². The molecule has 11 heteroatoms. The summed E-state index contributed by atoms with van der Waals surface area (Å²) >= 11 is 0. The van der Waals surface area contributed by atoms with Gasteiger partial charge in [0.15, 0.2) is 0 Å². The third kappa shape index (κ3) is 6.41. The highest BCUT2D eigenvalue weighted by molar-refractivity contribution is 6.07. The summed E-state index contributed by atoms with van der Waals surface area (Å²) in [5.74, 6) is 0.433. The number of anilines is 4. The molecule has 216 valence electrons. The van der Waals surface area contributed by atoms with E-state index in [4.69, 9.17) is 14.5 Å². The average molecular weight is 560 g/mol. The fourth-order valence-electron chi connectivity index (χ4n) is 4.60. The van der Waals surface area contributed by atoms with Crippen LogP contribution in [0.4, 0.5) is 23.0 Å². The Balaban J connectivity index is 1.73. The number of para-hydroxylation sites is 1. The number of hydrogen-bond donors (Lipinski definition) is 2. The molecule has 0 saturated heterocycles. The molecule has 2 heterocycles. The monoisotopic (exact) mass is 559 g/mol. The number of fused-ring (bicyclic) bond motifs is 1. The molecule has 0 aliphatic carbocycles. The number of likely N-dealkylation sites (N-methyl/N-ethyl adjacent to an activating group) is 2. The number of esters is 1. The number of methoxy groups -OCH3 is 2. The van der Waals surface area contributed by atoms with Crippen LogP contribution in [0.25, 0.3) is 22.2 Å².